The van der Waals surface area contributed by atoms with Gasteiger partial charge in [0.1, 0.15) is 0 Å². The second-order valence-electron chi connectivity index (χ2n) is 4.54. The average Bonchev–Trinajstić information content (AvgIpc) is 2.33. The minimum absolute atomic E-state index is 0.284. The predicted octanol–water partition coefficient (Wildman–Crippen LogP) is 2.76. The van der Waals surface area contributed by atoms with Crippen LogP contribution in [0.2, 0.25) is 0 Å². The lowest BCUT2D eigenvalue weighted by Gasteiger charge is -2.09. The highest BCUT2D eigenvalue weighted by molar-refractivity contribution is 7.90. The summed E-state index contributed by atoms with van der Waals surface area (Å²) in [5, 5.41) is 0. The number of halogens is 3. The van der Waals surface area contributed by atoms with E-state index in [1.54, 1.807) is 6.92 Å². The number of sulfonamides is 1. The third-order valence-corrected chi connectivity index (χ3v) is 3.66. The summed E-state index contributed by atoms with van der Waals surface area (Å²) < 4.78 is 65.2. The molecule has 0 amide bonds. The highest BCUT2D eigenvalue weighted by atomic mass is 32.2. The Morgan fingerprint density at radius 2 is 1.71 bits per heavy atom. The van der Waals surface area contributed by atoms with Crippen molar-refractivity contribution in [3.8, 4) is 0 Å². The minimum Gasteiger partial charge on any atom is -0.383 e. The zero-order valence-electron chi connectivity index (χ0n) is 11.7. The molecule has 0 atom stereocenters. The fourth-order valence-corrected chi connectivity index (χ4v) is 2.30. The van der Waals surface area contributed by atoms with Gasteiger partial charge in [0.2, 0.25) is 0 Å². The van der Waals surface area contributed by atoms with E-state index < -0.39 is 21.9 Å². The molecule has 0 N–H and O–H groups in total. The molecular formula is C13H15F3N2O2S. The molecule has 4 nitrogen and oxygen atoms in total. The van der Waals surface area contributed by atoms with Crippen LogP contribution in [0, 0.1) is 6.92 Å². The largest absolute Gasteiger partial charge is 0.434 e. The first-order chi connectivity index (χ1) is 9.52. The molecule has 116 valence electrons. The number of rotatable bonds is 4. The second-order valence-corrected chi connectivity index (χ2v) is 6.15. The van der Waals surface area contributed by atoms with Crippen molar-refractivity contribution in [3.63, 3.8) is 0 Å². The Bertz CT molecular complexity index is 645. The maximum atomic E-state index is 12.8. The lowest BCUT2D eigenvalue weighted by atomic mass is 10.2. The van der Waals surface area contributed by atoms with Crippen LogP contribution in [-0.2, 0) is 10.0 Å². The van der Waals surface area contributed by atoms with E-state index in [0.29, 0.717) is 6.08 Å². The van der Waals surface area contributed by atoms with Crippen LogP contribution in [0.15, 0.2) is 45.8 Å². The summed E-state index contributed by atoms with van der Waals surface area (Å²) in [4.78, 5) is 1.06. The third kappa shape index (κ3) is 5.22. The molecule has 8 heteroatoms. The molecule has 0 heterocycles. The fourth-order valence-electron chi connectivity index (χ4n) is 1.29. The molecule has 0 aliphatic carbocycles. The van der Waals surface area contributed by atoms with Gasteiger partial charge in [0.25, 0.3) is 10.0 Å². The second kappa shape index (κ2) is 6.30. The van der Waals surface area contributed by atoms with Crippen molar-refractivity contribution in [2.45, 2.75) is 18.0 Å². The quantitative estimate of drug-likeness (QED) is 0.802. The first-order valence-corrected chi connectivity index (χ1v) is 7.30. The summed E-state index contributed by atoms with van der Waals surface area (Å²) in [6.45, 7) is 1.74. The number of hydrogen-bond donors (Lipinski definition) is 0. The number of benzene rings is 1. The van der Waals surface area contributed by atoms with Gasteiger partial charge < -0.3 is 4.90 Å². The normalized spacial score (nSPS) is 13.7. The summed E-state index contributed by atoms with van der Waals surface area (Å²) in [5.41, 5.74) is -0.682. The molecule has 1 aromatic rings. The van der Waals surface area contributed by atoms with Gasteiger partial charge in [-0.05, 0) is 25.1 Å². The van der Waals surface area contributed by atoms with Crippen LogP contribution in [0.4, 0.5) is 13.2 Å². The molecule has 1 aromatic carbocycles. The van der Waals surface area contributed by atoms with Crippen molar-refractivity contribution in [2.75, 3.05) is 14.1 Å². The van der Waals surface area contributed by atoms with Crippen LogP contribution in [0.5, 0.6) is 0 Å². The summed E-state index contributed by atoms with van der Waals surface area (Å²) in [7, 11) is -1.38. The van der Waals surface area contributed by atoms with Crippen LogP contribution < -0.4 is 0 Å². The molecule has 0 aromatic heterocycles. The van der Waals surface area contributed by atoms with Gasteiger partial charge >= 0.3 is 6.18 Å². The molecule has 21 heavy (non-hydrogen) atoms. The van der Waals surface area contributed by atoms with E-state index in [1.165, 1.54) is 43.3 Å². The van der Waals surface area contributed by atoms with E-state index >= 15 is 0 Å². The molecule has 0 aliphatic rings. The van der Waals surface area contributed by atoms with E-state index in [0.717, 1.165) is 11.8 Å². The van der Waals surface area contributed by atoms with E-state index in [4.69, 9.17) is 0 Å². The van der Waals surface area contributed by atoms with E-state index in [9.17, 15) is 21.6 Å². The Balaban J connectivity index is 3.29. The highest BCUT2D eigenvalue weighted by Crippen LogP contribution is 2.22. The van der Waals surface area contributed by atoms with E-state index in [-0.39, 0.29) is 4.90 Å². The Morgan fingerprint density at radius 1 is 1.19 bits per heavy atom. The maximum Gasteiger partial charge on any atom is 0.434 e. The lowest BCUT2D eigenvalue weighted by Crippen LogP contribution is -2.23. The molecule has 0 aliphatic heterocycles. The van der Waals surface area contributed by atoms with Crippen molar-refractivity contribution in [2.24, 2.45) is 4.40 Å². The van der Waals surface area contributed by atoms with Gasteiger partial charge in [0.15, 0.2) is 5.71 Å². The van der Waals surface area contributed by atoms with Gasteiger partial charge in [-0.2, -0.15) is 26.0 Å². The SMILES string of the molecule is Cc1ccc(S(=O)(=O)/N=C(\C=C\N(C)C)C(F)(F)F)cc1. The van der Waals surface area contributed by atoms with E-state index in [1.807, 2.05) is 0 Å². The van der Waals surface area contributed by atoms with Crippen LogP contribution in [0.3, 0.4) is 0 Å². The first kappa shape index (κ1) is 17.2. The molecule has 0 unspecified atom stereocenters. The monoisotopic (exact) mass is 320 g/mol. The molecule has 0 saturated heterocycles. The molecule has 0 fully saturated rings. The maximum absolute atomic E-state index is 12.8. The number of hydrogen-bond acceptors (Lipinski definition) is 3. The minimum atomic E-state index is -4.86. The summed E-state index contributed by atoms with van der Waals surface area (Å²) in [5.74, 6) is 0. The summed E-state index contributed by atoms with van der Waals surface area (Å²) >= 11 is 0. The zero-order chi connectivity index (χ0) is 16.3. The first-order valence-electron chi connectivity index (χ1n) is 5.86. The van der Waals surface area contributed by atoms with Crippen molar-refractivity contribution in [1.82, 2.24) is 4.90 Å². The van der Waals surface area contributed by atoms with Crippen molar-refractivity contribution < 1.29 is 21.6 Å². The Labute approximate surface area is 121 Å². The smallest absolute Gasteiger partial charge is 0.383 e. The van der Waals surface area contributed by atoms with Crippen LogP contribution in [-0.4, -0.2) is 39.3 Å². The number of alkyl halides is 3. The fraction of sp³-hybridized carbons (Fsp3) is 0.308. The number of aryl methyl sites for hydroxylation is 1. The van der Waals surface area contributed by atoms with Gasteiger partial charge in [0, 0.05) is 20.3 Å². The molecule has 0 bridgehead atoms. The van der Waals surface area contributed by atoms with E-state index in [2.05, 4.69) is 4.40 Å². The Kier molecular flexibility index (Phi) is 5.16. The van der Waals surface area contributed by atoms with Gasteiger partial charge in [-0.15, -0.1) is 0 Å². The van der Waals surface area contributed by atoms with Crippen LogP contribution in [0.25, 0.3) is 0 Å². The summed E-state index contributed by atoms with van der Waals surface area (Å²) in [6, 6.07) is 5.42. The standard InChI is InChI=1S/C13H15F3N2O2S/c1-10-4-6-11(7-5-10)21(19,20)17-12(13(14,15)16)8-9-18(2)3/h4-9H,1-3H3/b9-8+,17-12+. The predicted molar refractivity (Wildman–Crippen MR) is 74.7 cm³/mol. The van der Waals surface area contributed by atoms with Gasteiger partial charge in [-0.25, -0.2) is 0 Å². The molecular weight excluding hydrogens is 305 g/mol. The van der Waals surface area contributed by atoms with Crippen molar-refractivity contribution >= 4 is 15.7 Å². The Morgan fingerprint density at radius 3 is 2.14 bits per heavy atom. The molecule has 0 saturated carbocycles. The van der Waals surface area contributed by atoms with Gasteiger partial charge in [-0.3, -0.25) is 0 Å². The van der Waals surface area contributed by atoms with Crippen molar-refractivity contribution in [3.05, 3.63) is 42.1 Å². The topological polar surface area (TPSA) is 49.7 Å². The molecule has 1 rings (SSSR count). The molecule has 0 radical (unpaired) electrons. The number of allylic oxidation sites excluding steroid dienone is 1. The molecule has 0 spiro atoms. The highest BCUT2D eigenvalue weighted by Gasteiger charge is 2.36. The summed E-state index contributed by atoms with van der Waals surface area (Å²) in [6.07, 6.45) is -3.16. The Hall–Kier alpha value is -1.83. The number of nitrogens with zero attached hydrogens (tertiary/aromatic N) is 2. The van der Waals surface area contributed by atoms with Gasteiger partial charge in [-0.1, -0.05) is 17.7 Å². The lowest BCUT2D eigenvalue weighted by molar-refractivity contribution is -0.0575. The van der Waals surface area contributed by atoms with Crippen LogP contribution in [0.1, 0.15) is 5.56 Å². The average molecular weight is 320 g/mol. The zero-order valence-corrected chi connectivity index (χ0v) is 12.5. The van der Waals surface area contributed by atoms with Crippen molar-refractivity contribution in [1.29, 1.82) is 0 Å². The van der Waals surface area contributed by atoms with Gasteiger partial charge in [0.05, 0.1) is 4.90 Å². The third-order valence-electron chi connectivity index (χ3n) is 2.36. The van der Waals surface area contributed by atoms with Crippen LogP contribution >= 0.6 is 0 Å².